The van der Waals surface area contributed by atoms with Crippen LogP contribution < -0.4 is 4.90 Å². The smallest absolute Gasteiger partial charge is 0.341 e. The van der Waals surface area contributed by atoms with Crippen LogP contribution in [0.25, 0.3) is 11.0 Å². The van der Waals surface area contributed by atoms with Gasteiger partial charge in [0.25, 0.3) is 5.91 Å². The molecule has 1 amide bonds. The van der Waals surface area contributed by atoms with E-state index >= 15 is 0 Å². The van der Waals surface area contributed by atoms with Crippen molar-refractivity contribution in [2.45, 2.75) is 29.2 Å². The van der Waals surface area contributed by atoms with Gasteiger partial charge in [0.1, 0.15) is 5.52 Å². The average Bonchev–Trinajstić information content (AvgIpc) is 2.84. The van der Waals surface area contributed by atoms with E-state index in [2.05, 4.69) is 9.97 Å². The molecule has 6 nitrogen and oxygen atoms in total. The highest BCUT2D eigenvalue weighted by molar-refractivity contribution is 7.99. The summed E-state index contributed by atoms with van der Waals surface area (Å²) in [6.07, 6.45) is 2.49. The van der Waals surface area contributed by atoms with Crippen LogP contribution in [0.2, 0.25) is 0 Å². The maximum absolute atomic E-state index is 13.7. The van der Waals surface area contributed by atoms with Gasteiger partial charge in [0.05, 0.1) is 22.5 Å². The summed E-state index contributed by atoms with van der Waals surface area (Å²) >= 11 is 1.62. The standard InChI is InChI=1S/C25H19N3O3S/c1-2-20(31-25(30)16-8-7-9-17-23(16)27-15-14-26-17)24(29)28-18-10-3-5-12-21(18)32-22-13-6-4-11-19(22)28/h3-15,20H,2H2,1H3. The predicted molar refractivity (Wildman–Crippen MR) is 123 cm³/mol. The molecule has 1 aliphatic heterocycles. The summed E-state index contributed by atoms with van der Waals surface area (Å²) < 4.78 is 5.73. The van der Waals surface area contributed by atoms with E-state index in [1.165, 1.54) is 6.20 Å². The molecule has 0 saturated heterocycles. The van der Waals surface area contributed by atoms with E-state index in [-0.39, 0.29) is 11.5 Å². The van der Waals surface area contributed by atoms with Gasteiger partial charge in [-0.1, -0.05) is 49.0 Å². The first-order valence-corrected chi connectivity index (χ1v) is 11.1. The molecule has 0 N–H and O–H groups in total. The molecule has 0 spiro atoms. The highest BCUT2D eigenvalue weighted by Crippen LogP contribution is 2.48. The normalized spacial score (nSPS) is 13.2. The Morgan fingerprint density at radius 1 is 0.906 bits per heavy atom. The van der Waals surface area contributed by atoms with Gasteiger partial charge in [-0.25, -0.2) is 4.79 Å². The summed E-state index contributed by atoms with van der Waals surface area (Å²) in [6.45, 7) is 1.83. The van der Waals surface area contributed by atoms with Gasteiger partial charge in [-0.15, -0.1) is 0 Å². The Kier molecular flexibility index (Phi) is 5.33. The number of benzene rings is 3. The van der Waals surface area contributed by atoms with Crippen molar-refractivity contribution in [3.63, 3.8) is 0 Å². The van der Waals surface area contributed by atoms with Crippen molar-refractivity contribution >= 4 is 46.0 Å². The van der Waals surface area contributed by atoms with E-state index in [0.29, 0.717) is 17.5 Å². The van der Waals surface area contributed by atoms with Crippen LogP contribution in [0, 0.1) is 0 Å². The van der Waals surface area contributed by atoms with Crippen LogP contribution in [0.3, 0.4) is 0 Å². The zero-order valence-electron chi connectivity index (χ0n) is 17.3. The molecule has 5 rings (SSSR count). The Hall–Kier alpha value is -3.71. The quantitative estimate of drug-likeness (QED) is 0.395. The number of fused-ring (bicyclic) bond motifs is 3. The van der Waals surface area contributed by atoms with E-state index in [4.69, 9.17) is 4.74 Å². The van der Waals surface area contributed by atoms with Crippen LogP contribution in [-0.2, 0) is 9.53 Å². The molecule has 158 valence electrons. The van der Waals surface area contributed by atoms with Gasteiger partial charge < -0.3 is 4.74 Å². The number of esters is 1. The lowest BCUT2D eigenvalue weighted by Crippen LogP contribution is -2.39. The van der Waals surface area contributed by atoms with Crippen LogP contribution in [-0.4, -0.2) is 27.9 Å². The number of rotatable bonds is 4. The van der Waals surface area contributed by atoms with Crippen molar-refractivity contribution in [3.8, 4) is 0 Å². The molecule has 3 aromatic carbocycles. The van der Waals surface area contributed by atoms with Gasteiger partial charge in [-0.3, -0.25) is 19.7 Å². The molecule has 1 atom stereocenters. The Morgan fingerprint density at radius 3 is 2.25 bits per heavy atom. The maximum atomic E-state index is 13.7. The van der Waals surface area contributed by atoms with Crippen LogP contribution in [0.4, 0.5) is 11.4 Å². The molecular weight excluding hydrogens is 422 g/mol. The zero-order chi connectivity index (χ0) is 22.1. The number of para-hydroxylation sites is 3. The highest BCUT2D eigenvalue weighted by atomic mass is 32.2. The van der Waals surface area contributed by atoms with Gasteiger partial charge in [0.15, 0.2) is 6.10 Å². The molecule has 7 heteroatoms. The van der Waals surface area contributed by atoms with Gasteiger partial charge in [-0.2, -0.15) is 0 Å². The van der Waals surface area contributed by atoms with E-state index < -0.39 is 12.1 Å². The first kappa shape index (κ1) is 20.2. The molecule has 0 bridgehead atoms. The lowest BCUT2D eigenvalue weighted by Gasteiger charge is -2.33. The van der Waals surface area contributed by atoms with Crippen molar-refractivity contribution in [3.05, 3.63) is 84.7 Å². The van der Waals surface area contributed by atoms with Crippen LogP contribution in [0.15, 0.2) is 88.9 Å². The number of carbonyl (C=O) groups is 2. The Morgan fingerprint density at radius 2 is 1.56 bits per heavy atom. The number of anilines is 2. The van der Waals surface area contributed by atoms with Crippen molar-refractivity contribution in [1.82, 2.24) is 9.97 Å². The molecule has 32 heavy (non-hydrogen) atoms. The Balaban J connectivity index is 1.49. The minimum atomic E-state index is -0.946. The van der Waals surface area contributed by atoms with Crippen molar-refractivity contribution in [2.75, 3.05) is 4.90 Å². The van der Waals surface area contributed by atoms with Gasteiger partial charge in [0.2, 0.25) is 0 Å². The minimum absolute atomic E-state index is 0.285. The summed E-state index contributed by atoms with van der Waals surface area (Å²) in [7, 11) is 0. The Labute approximate surface area is 189 Å². The van der Waals surface area contributed by atoms with Gasteiger partial charge in [0, 0.05) is 22.2 Å². The summed E-state index contributed by atoms with van der Waals surface area (Å²) in [4.78, 5) is 38.9. The van der Waals surface area contributed by atoms with E-state index in [0.717, 1.165) is 21.2 Å². The first-order chi connectivity index (χ1) is 15.7. The van der Waals surface area contributed by atoms with E-state index in [1.54, 1.807) is 41.1 Å². The molecule has 0 radical (unpaired) electrons. The zero-order valence-corrected chi connectivity index (χ0v) is 18.1. The fourth-order valence-electron chi connectivity index (χ4n) is 3.74. The monoisotopic (exact) mass is 441 g/mol. The number of nitrogens with zero attached hydrogens (tertiary/aromatic N) is 3. The van der Waals surface area contributed by atoms with Crippen molar-refractivity contribution in [2.24, 2.45) is 0 Å². The molecule has 4 aromatic rings. The third-order valence-electron chi connectivity index (χ3n) is 5.27. The van der Waals surface area contributed by atoms with Crippen LogP contribution in [0.5, 0.6) is 0 Å². The summed E-state index contributed by atoms with van der Waals surface area (Å²) in [5.41, 5.74) is 2.90. The largest absolute Gasteiger partial charge is 0.449 e. The second-order valence-electron chi connectivity index (χ2n) is 7.24. The molecule has 1 aliphatic rings. The first-order valence-electron chi connectivity index (χ1n) is 10.3. The Bertz CT molecular complexity index is 1290. The number of hydrogen-bond donors (Lipinski definition) is 0. The molecule has 0 aliphatic carbocycles. The molecular formula is C25H19N3O3S. The minimum Gasteiger partial charge on any atom is -0.449 e. The summed E-state index contributed by atoms with van der Waals surface area (Å²) in [6, 6.07) is 20.6. The van der Waals surface area contributed by atoms with Gasteiger partial charge in [-0.05, 0) is 42.8 Å². The second-order valence-corrected chi connectivity index (χ2v) is 8.33. The number of ether oxygens (including phenoxy) is 1. The third-order valence-corrected chi connectivity index (χ3v) is 6.40. The number of aromatic nitrogens is 2. The summed E-state index contributed by atoms with van der Waals surface area (Å²) in [5.74, 6) is -0.878. The highest BCUT2D eigenvalue weighted by Gasteiger charge is 2.34. The number of amides is 1. The third kappa shape index (κ3) is 3.50. The van der Waals surface area contributed by atoms with Crippen molar-refractivity contribution < 1.29 is 14.3 Å². The fraction of sp³-hybridized carbons (Fsp3) is 0.120. The molecule has 0 fully saturated rings. The SMILES string of the molecule is CCC(OC(=O)c1cccc2nccnc12)C(=O)N1c2ccccc2Sc2ccccc21. The van der Waals surface area contributed by atoms with Gasteiger partial charge >= 0.3 is 5.97 Å². The molecule has 0 saturated carbocycles. The summed E-state index contributed by atoms with van der Waals surface area (Å²) in [5, 5.41) is 0. The topological polar surface area (TPSA) is 72.4 Å². The van der Waals surface area contributed by atoms with Crippen LogP contribution in [0.1, 0.15) is 23.7 Å². The molecule has 1 aromatic heterocycles. The lowest BCUT2D eigenvalue weighted by molar-refractivity contribution is -0.126. The number of hydrogen-bond acceptors (Lipinski definition) is 6. The molecule has 2 heterocycles. The van der Waals surface area contributed by atoms with E-state index in [1.807, 2.05) is 55.5 Å². The van der Waals surface area contributed by atoms with Crippen LogP contribution >= 0.6 is 11.8 Å². The van der Waals surface area contributed by atoms with Crippen molar-refractivity contribution in [1.29, 1.82) is 0 Å². The van der Waals surface area contributed by atoms with E-state index in [9.17, 15) is 9.59 Å². The predicted octanol–water partition coefficient (Wildman–Crippen LogP) is 5.39. The average molecular weight is 442 g/mol. The fourth-order valence-corrected chi connectivity index (χ4v) is 4.80. The lowest BCUT2D eigenvalue weighted by atomic mass is 10.1. The number of carbonyl (C=O) groups excluding carboxylic acids is 2. The molecule has 1 unspecified atom stereocenters. The maximum Gasteiger partial charge on any atom is 0.341 e. The second kappa shape index (κ2) is 8.43.